The maximum absolute atomic E-state index is 11.1. The van der Waals surface area contributed by atoms with E-state index in [1.165, 1.54) is 0 Å². The lowest BCUT2D eigenvalue weighted by atomic mass is 9.91. The fourth-order valence-corrected chi connectivity index (χ4v) is 7.17. The average Bonchev–Trinajstić information content (AvgIpc) is 3.29. The largest absolute Gasteiger partial charge is 0.474 e. The molecule has 14 nitrogen and oxygen atoms in total. The summed E-state index contributed by atoms with van der Waals surface area (Å²) in [6, 6.07) is 13.6. The molecule has 0 radical (unpaired) electrons. The van der Waals surface area contributed by atoms with Crippen LogP contribution in [0.1, 0.15) is 38.5 Å². The van der Waals surface area contributed by atoms with E-state index >= 15 is 0 Å². The van der Waals surface area contributed by atoms with Gasteiger partial charge < -0.3 is 44.8 Å². The lowest BCUT2D eigenvalue weighted by molar-refractivity contribution is -0.103. The Hall–Kier alpha value is -3.52. The lowest BCUT2D eigenvalue weighted by Gasteiger charge is -2.43. The van der Waals surface area contributed by atoms with Crippen molar-refractivity contribution in [2.24, 2.45) is 0 Å². The molecule has 15 heteroatoms. The smallest absolute Gasteiger partial charge is 0.472 e. The number of phosphoric ester groups is 1. The molecule has 4 fully saturated rings. The molecule has 0 spiro atoms. The first-order valence-electron chi connectivity index (χ1n) is 15.9. The summed E-state index contributed by atoms with van der Waals surface area (Å²) in [4.78, 5) is 27.3. The van der Waals surface area contributed by atoms with Gasteiger partial charge in [0.25, 0.3) is 0 Å². The van der Waals surface area contributed by atoms with Crippen LogP contribution >= 0.6 is 7.82 Å². The molecular weight excluding hydrogens is 613 g/mol. The van der Waals surface area contributed by atoms with Crippen LogP contribution in [0.15, 0.2) is 48.7 Å². The Bertz CT molecular complexity index is 1550. The zero-order valence-electron chi connectivity index (χ0n) is 25.5. The predicted molar refractivity (Wildman–Crippen MR) is 171 cm³/mol. The van der Waals surface area contributed by atoms with Gasteiger partial charge in [0, 0.05) is 61.5 Å². The van der Waals surface area contributed by atoms with Gasteiger partial charge in [0.05, 0.1) is 23.6 Å². The summed E-state index contributed by atoms with van der Waals surface area (Å²) < 4.78 is 33.6. The molecule has 1 aromatic carbocycles. The minimum absolute atomic E-state index is 0.133. The van der Waals surface area contributed by atoms with Gasteiger partial charge in [0.15, 0.2) is 12.6 Å². The van der Waals surface area contributed by atoms with Gasteiger partial charge >= 0.3 is 7.82 Å². The molecule has 3 aliphatic heterocycles. The number of nitrogen functional groups attached to an aromatic ring is 1. The lowest BCUT2D eigenvalue weighted by Crippen LogP contribution is -2.54. The number of piperidine rings is 1. The Morgan fingerprint density at radius 2 is 1.72 bits per heavy atom. The topological polar surface area (TPSA) is 178 Å². The van der Waals surface area contributed by atoms with Crippen molar-refractivity contribution in [3.05, 3.63) is 48.7 Å². The molecule has 246 valence electrons. The van der Waals surface area contributed by atoms with Crippen LogP contribution in [0.5, 0.6) is 11.6 Å². The number of nitrogens with zero attached hydrogens (tertiary/aromatic N) is 5. The fourth-order valence-electron chi connectivity index (χ4n) is 6.98. The molecule has 0 amide bonds. The van der Waals surface area contributed by atoms with E-state index in [4.69, 9.17) is 29.7 Å². The van der Waals surface area contributed by atoms with Gasteiger partial charge in [-0.15, -0.1) is 10.2 Å². The summed E-state index contributed by atoms with van der Waals surface area (Å²) in [5, 5.41) is 11.9. The summed E-state index contributed by atoms with van der Waals surface area (Å²) >= 11 is 0. The molecular formula is C31H40N7O7P. The fraction of sp³-hybridized carbons (Fsp3) is 0.516. The average molecular weight is 654 g/mol. The molecule has 5 heterocycles. The van der Waals surface area contributed by atoms with E-state index in [0.717, 1.165) is 76.1 Å². The van der Waals surface area contributed by atoms with Gasteiger partial charge in [0.2, 0.25) is 5.88 Å². The predicted octanol–water partition coefficient (Wildman–Crippen LogP) is 3.10. The summed E-state index contributed by atoms with van der Waals surface area (Å²) in [6.45, 7) is 2.97. The van der Waals surface area contributed by atoms with Crippen molar-refractivity contribution in [2.75, 3.05) is 48.5 Å². The first kappa shape index (κ1) is 31.1. The Morgan fingerprint density at radius 1 is 0.957 bits per heavy atom. The molecule has 5 N–H and O–H groups in total. The first-order valence-corrected chi connectivity index (χ1v) is 17.4. The van der Waals surface area contributed by atoms with Crippen molar-refractivity contribution in [3.8, 4) is 22.9 Å². The molecule has 3 saturated heterocycles. The molecule has 2 atom stereocenters. The highest BCUT2D eigenvalue weighted by Gasteiger charge is 2.41. The third-order valence-corrected chi connectivity index (χ3v) is 9.69. The number of hydrogen-bond donors (Lipinski definition) is 4. The van der Waals surface area contributed by atoms with E-state index in [-0.39, 0.29) is 24.3 Å². The van der Waals surface area contributed by atoms with Crippen LogP contribution in [0.25, 0.3) is 11.3 Å². The number of hydrogen-bond acceptors (Lipinski definition) is 12. The third-order valence-electron chi connectivity index (χ3n) is 9.25. The minimum Gasteiger partial charge on any atom is -0.474 e. The van der Waals surface area contributed by atoms with E-state index in [1.54, 1.807) is 18.2 Å². The summed E-state index contributed by atoms with van der Waals surface area (Å²) in [5.74, 6) is 1.35. The number of nitrogens with one attached hydrogen (secondary N) is 1. The van der Waals surface area contributed by atoms with Gasteiger partial charge in [-0.1, -0.05) is 12.1 Å². The number of para-hydroxylation sites is 1. The number of ether oxygens (including phenoxy) is 3. The highest BCUT2D eigenvalue weighted by Crippen LogP contribution is 2.41. The summed E-state index contributed by atoms with van der Waals surface area (Å²) in [5.41, 5.74) is 9.40. The zero-order chi connectivity index (χ0) is 31.7. The molecule has 4 aliphatic rings. The normalized spacial score (nSPS) is 24.9. The van der Waals surface area contributed by atoms with Crippen molar-refractivity contribution in [1.29, 1.82) is 0 Å². The van der Waals surface area contributed by atoms with Crippen molar-refractivity contribution in [1.82, 2.24) is 20.5 Å². The van der Waals surface area contributed by atoms with E-state index in [0.29, 0.717) is 34.8 Å². The number of fused-ring (bicyclic) bond motifs is 2. The van der Waals surface area contributed by atoms with E-state index < -0.39 is 14.6 Å². The van der Waals surface area contributed by atoms with Crippen molar-refractivity contribution >= 4 is 25.0 Å². The van der Waals surface area contributed by atoms with Crippen molar-refractivity contribution < 1.29 is 33.1 Å². The van der Waals surface area contributed by atoms with Gasteiger partial charge in [0.1, 0.15) is 11.9 Å². The number of nitrogens with two attached hydrogens (primary N) is 1. The van der Waals surface area contributed by atoms with Crippen molar-refractivity contribution in [2.45, 2.75) is 68.9 Å². The highest BCUT2D eigenvalue weighted by molar-refractivity contribution is 7.46. The number of aromatic nitrogens is 3. The number of benzene rings is 1. The number of phosphoric acid groups is 1. The Morgan fingerprint density at radius 3 is 2.48 bits per heavy atom. The van der Waals surface area contributed by atoms with Crippen LogP contribution in [0, 0.1) is 0 Å². The van der Waals surface area contributed by atoms with Crippen molar-refractivity contribution in [3.63, 3.8) is 0 Å². The molecule has 2 unspecified atom stereocenters. The maximum Gasteiger partial charge on any atom is 0.472 e. The second-order valence-electron chi connectivity index (χ2n) is 12.3. The van der Waals surface area contributed by atoms with Crippen LogP contribution in [-0.4, -0.2) is 88.3 Å². The molecule has 3 aromatic rings. The first-order chi connectivity index (χ1) is 22.3. The number of rotatable bonds is 11. The number of piperazine rings is 1. The van der Waals surface area contributed by atoms with Gasteiger partial charge in [-0.3, -0.25) is 0 Å². The minimum atomic E-state index is -4.67. The van der Waals surface area contributed by atoms with Gasteiger partial charge in [-0.25, -0.2) is 14.1 Å². The van der Waals surface area contributed by atoms with Crippen LogP contribution in [0.4, 0.5) is 17.2 Å². The second-order valence-corrected chi connectivity index (χ2v) is 13.6. The van der Waals surface area contributed by atoms with Crippen LogP contribution in [0.3, 0.4) is 0 Å². The Balaban J connectivity index is 1.000. The zero-order valence-corrected chi connectivity index (χ0v) is 26.4. The number of anilines is 3. The standard InChI is InChI=1S/C31H40N7O7P/c32-31-28(16-27(35-36-31)26-3-1-2-4-29(26)42-19-43-46(39,40)41)37-17-21-5-6-22(18-37)38(21)20-7-12-34-30(13-20)45-25-14-24(15-25)44-23-8-10-33-11-9-23/h1-4,7,12-13,16,21-25,33H,5-6,8-11,14-15,17-19H2,(H2,32,36)(H2,39,40,41). The van der Waals surface area contributed by atoms with E-state index in [9.17, 15) is 4.57 Å². The monoisotopic (exact) mass is 653 g/mol. The van der Waals surface area contributed by atoms with Gasteiger partial charge in [-0.05, 0) is 63.0 Å². The number of pyridine rings is 1. The van der Waals surface area contributed by atoms with E-state index in [1.807, 2.05) is 18.3 Å². The Kier molecular flexibility index (Phi) is 8.99. The summed E-state index contributed by atoms with van der Waals surface area (Å²) in [7, 11) is -4.67. The molecule has 46 heavy (non-hydrogen) atoms. The maximum atomic E-state index is 11.1. The SMILES string of the molecule is Nc1nnc(-c2ccccc2OCOP(=O)(O)O)cc1N1CC2CCC(C1)N2c1ccnc(OC2CC(OC3CCNCC3)C2)c1. The molecule has 1 saturated carbocycles. The van der Waals surface area contributed by atoms with Gasteiger partial charge in [-0.2, -0.15) is 0 Å². The highest BCUT2D eigenvalue weighted by atomic mass is 31.2. The van der Waals surface area contributed by atoms with Crippen LogP contribution in [0.2, 0.25) is 0 Å². The van der Waals surface area contributed by atoms with E-state index in [2.05, 4.69) is 47.0 Å². The van der Waals surface area contributed by atoms with Crippen LogP contribution < -0.4 is 30.3 Å². The second kappa shape index (κ2) is 13.3. The molecule has 2 bridgehead atoms. The molecule has 2 aromatic heterocycles. The van der Waals surface area contributed by atoms with Crippen LogP contribution in [-0.2, 0) is 13.8 Å². The molecule has 7 rings (SSSR count). The summed E-state index contributed by atoms with van der Waals surface area (Å²) in [6.07, 6.45) is 8.68. The quantitative estimate of drug-likeness (QED) is 0.175. The third kappa shape index (κ3) is 7.07. The Labute approximate surface area is 267 Å². The molecule has 1 aliphatic carbocycles.